The van der Waals surface area contributed by atoms with Crippen molar-refractivity contribution in [1.82, 2.24) is 9.80 Å². The molecule has 0 aromatic heterocycles. The molecule has 5 heteroatoms. The molecule has 0 amide bonds. The van der Waals surface area contributed by atoms with Crippen LogP contribution in [0, 0.1) is 0 Å². The molecule has 0 spiro atoms. The van der Waals surface area contributed by atoms with Gasteiger partial charge in [0, 0.05) is 12.8 Å². The first-order valence-electron chi connectivity index (χ1n) is 5.22. The quantitative estimate of drug-likeness (QED) is 0.428. The molecule has 2 N–H and O–H groups in total. The van der Waals surface area contributed by atoms with Crippen LogP contribution in [0.5, 0.6) is 0 Å². The van der Waals surface area contributed by atoms with Crippen molar-refractivity contribution >= 4 is 0 Å². The highest BCUT2D eigenvalue weighted by Crippen LogP contribution is 1.98. The molecule has 0 bridgehead atoms. The standard InChI is InChI=1S/C10H24N2O3/c1-11(2)9(13)5-7-15-8-6-10(14)12(3)4/h9-10,13-14H,5-8H2,1-4H3. The topological polar surface area (TPSA) is 56.2 Å². The van der Waals surface area contributed by atoms with E-state index in [4.69, 9.17) is 4.74 Å². The number of aliphatic hydroxyl groups excluding tert-OH is 2. The van der Waals surface area contributed by atoms with Crippen molar-refractivity contribution in [2.24, 2.45) is 0 Å². The Hall–Kier alpha value is -0.200. The van der Waals surface area contributed by atoms with Crippen LogP contribution in [0.4, 0.5) is 0 Å². The fourth-order valence-corrected chi connectivity index (χ4v) is 0.996. The first-order chi connectivity index (χ1) is 6.95. The van der Waals surface area contributed by atoms with Crippen LogP contribution in [0.1, 0.15) is 12.8 Å². The van der Waals surface area contributed by atoms with E-state index in [0.29, 0.717) is 26.1 Å². The van der Waals surface area contributed by atoms with Crippen molar-refractivity contribution in [2.75, 3.05) is 41.4 Å². The maximum atomic E-state index is 9.41. The van der Waals surface area contributed by atoms with Crippen molar-refractivity contribution in [3.8, 4) is 0 Å². The van der Waals surface area contributed by atoms with E-state index in [-0.39, 0.29) is 0 Å². The second kappa shape index (κ2) is 8.01. The lowest BCUT2D eigenvalue weighted by Gasteiger charge is -2.19. The van der Waals surface area contributed by atoms with Crippen LogP contribution < -0.4 is 0 Å². The van der Waals surface area contributed by atoms with Crippen LogP contribution in [0.15, 0.2) is 0 Å². The molecule has 0 aromatic rings. The third kappa shape index (κ3) is 7.70. The lowest BCUT2D eigenvalue weighted by atomic mass is 10.3. The van der Waals surface area contributed by atoms with Gasteiger partial charge in [-0.05, 0) is 28.2 Å². The monoisotopic (exact) mass is 220 g/mol. The molecule has 15 heavy (non-hydrogen) atoms. The van der Waals surface area contributed by atoms with E-state index in [1.54, 1.807) is 9.80 Å². The minimum Gasteiger partial charge on any atom is -0.381 e. The van der Waals surface area contributed by atoms with Gasteiger partial charge in [0.25, 0.3) is 0 Å². The largest absolute Gasteiger partial charge is 0.381 e. The Morgan fingerprint density at radius 1 is 0.867 bits per heavy atom. The Labute approximate surface area is 92.2 Å². The normalized spacial score (nSPS) is 16.0. The van der Waals surface area contributed by atoms with E-state index in [2.05, 4.69) is 0 Å². The summed E-state index contributed by atoms with van der Waals surface area (Å²) < 4.78 is 5.30. The molecule has 2 atom stereocenters. The van der Waals surface area contributed by atoms with Crippen LogP contribution in [0.3, 0.4) is 0 Å². The fraction of sp³-hybridized carbons (Fsp3) is 1.00. The molecule has 5 nitrogen and oxygen atoms in total. The summed E-state index contributed by atoms with van der Waals surface area (Å²) in [5, 5.41) is 18.8. The van der Waals surface area contributed by atoms with Gasteiger partial charge in [-0.25, -0.2) is 0 Å². The molecule has 0 aliphatic carbocycles. The fourth-order valence-electron chi connectivity index (χ4n) is 0.996. The van der Waals surface area contributed by atoms with E-state index in [9.17, 15) is 10.2 Å². The summed E-state index contributed by atoms with van der Waals surface area (Å²) in [7, 11) is 7.28. The maximum absolute atomic E-state index is 9.41. The van der Waals surface area contributed by atoms with Crippen molar-refractivity contribution in [3.63, 3.8) is 0 Å². The van der Waals surface area contributed by atoms with Gasteiger partial charge in [0.2, 0.25) is 0 Å². The van der Waals surface area contributed by atoms with E-state index in [1.165, 1.54) is 0 Å². The second-order valence-electron chi connectivity index (χ2n) is 4.08. The summed E-state index contributed by atoms with van der Waals surface area (Å²) in [5.41, 5.74) is 0. The minimum absolute atomic E-state index is 0.455. The van der Waals surface area contributed by atoms with Gasteiger partial charge in [0.15, 0.2) is 0 Å². The van der Waals surface area contributed by atoms with Gasteiger partial charge in [-0.3, -0.25) is 9.80 Å². The van der Waals surface area contributed by atoms with Crippen molar-refractivity contribution in [2.45, 2.75) is 25.3 Å². The predicted molar refractivity (Wildman–Crippen MR) is 59.4 cm³/mol. The van der Waals surface area contributed by atoms with Crippen LogP contribution in [0.25, 0.3) is 0 Å². The number of ether oxygens (including phenoxy) is 1. The molecule has 0 saturated carbocycles. The number of nitrogens with zero attached hydrogens (tertiary/aromatic N) is 2. The first-order valence-corrected chi connectivity index (χ1v) is 5.22. The van der Waals surface area contributed by atoms with Crippen LogP contribution in [-0.4, -0.2) is 73.9 Å². The first kappa shape index (κ1) is 14.8. The molecule has 0 aromatic carbocycles. The third-order valence-electron chi connectivity index (χ3n) is 2.23. The zero-order valence-electron chi connectivity index (χ0n) is 10.2. The Morgan fingerprint density at radius 2 is 1.20 bits per heavy atom. The molecule has 0 radical (unpaired) electrons. The van der Waals surface area contributed by atoms with Gasteiger partial charge < -0.3 is 14.9 Å². The van der Waals surface area contributed by atoms with E-state index >= 15 is 0 Å². The molecule has 0 saturated heterocycles. The molecule has 92 valence electrons. The molecule has 0 heterocycles. The maximum Gasteiger partial charge on any atom is 0.109 e. The Balaban J connectivity index is 3.32. The Kier molecular flexibility index (Phi) is 7.90. The van der Waals surface area contributed by atoms with Crippen LogP contribution in [0.2, 0.25) is 0 Å². The van der Waals surface area contributed by atoms with E-state index < -0.39 is 12.5 Å². The van der Waals surface area contributed by atoms with Gasteiger partial charge in [0.1, 0.15) is 12.5 Å². The number of hydrogen-bond donors (Lipinski definition) is 2. The highest BCUT2D eigenvalue weighted by Gasteiger charge is 2.07. The summed E-state index contributed by atoms with van der Waals surface area (Å²) in [6, 6.07) is 0. The molecule has 0 fully saturated rings. The number of hydrogen-bond acceptors (Lipinski definition) is 5. The molecule has 0 rings (SSSR count). The van der Waals surface area contributed by atoms with Crippen LogP contribution >= 0.6 is 0 Å². The van der Waals surface area contributed by atoms with Gasteiger partial charge in [0.05, 0.1) is 13.2 Å². The van der Waals surface area contributed by atoms with Crippen molar-refractivity contribution in [3.05, 3.63) is 0 Å². The smallest absolute Gasteiger partial charge is 0.109 e. The summed E-state index contributed by atoms with van der Waals surface area (Å²) in [4.78, 5) is 3.47. The molecular formula is C10H24N2O3. The molecule has 0 aliphatic heterocycles. The second-order valence-corrected chi connectivity index (χ2v) is 4.08. The highest BCUT2D eigenvalue weighted by atomic mass is 16.5. The van der Waals surface area contributed by atoms with Crippen molar-refractivity contribution in [1.29, 1.82) is 0 Å². The van der Waals surface area contributed by atoms with Gasteiger partial charge in [-0.1, -0.05) is 0 Å². The average molecular weight is 220 g/mol. The van der Waals surface area contributed by atoms with Gasteiger partial charge >= 0.3 is 0 Å². The van der Waals surface area contributed by atoms with Crippen LogP contribution in [-0.2, 0) is 4.74 Å². The average Bonchev–Trinajstić information content (AvgIpc) is 2.16. The summed E-state index contributed by atoms with van der Waals surface area (Å²) in [5.74, 6) is 0. The highest BCUT2D eigenvalue weighted by molar-refractivity contribution is 4.52. The summed E-state index contributed by atoms with van der Waals surface area (Å²) in [6.07, 6.45) is 0.267. The summed E-state index contributed by atoms with van der Waals surface area (Å²) >= 11 is 0. The lowest BCUT2D eigenvalue weighted by Crippen LogP contribution is -2.30. The Bertz CT molecular complexity index is 138. The van der Waals surface area contributed by atoms with Crippen molar-refractivity contribution < 1.29 is 14.9 Å². The van der Waals surface area contributed by atoms with Gasteiger partial charge in [-0.2, -0.15) is 0 Å². The lowest BCUT2D eigenvalue weighted by molar-refractivity contribution is -0.0162. The SMILES string of the molecule is CN(C)C(O)CCOCCC(O)N(C)C. The Morgan fingerprint density at radius 3 is 1.47 bits per heavy atom. The zero-order valence-corrected chi connectivity index (χ0v) is 10.2. The van der Waals surface area contributed by atoms with E-state index in [0.717, 1.165) is 0 Å². The van der Waals surface area contributed by atoms with E-state index in [1.807, 2.05) is 28.2 Å². The molecule has 2 unspecified atom stereocenters. The third-order valence-corrected chi connectivity index (χ3v) is 2.23. The zero-order chi connectivity index (χ0) is 11.8. The minimum atomic E-state index is -0.455. The van der Waals surface area contributed by atoms with Gasteiger partial charge in [-0.15, -0.1) is 0 Å². The predicted octanol–water partition coefficient (Wildman–Crippen LogP) is -0.457. The molecular weight excluding hydrogens is 196 g/mol. The number of aliphatic hydroxyl groups is 2. The number of rotatable bonds is 8. The molecule has 0 aliphatic rings. The summed E-state index contributed by atoms with van der Waals surface area (Å²) in [6.45, 7) is 1.03.